The molecule has 19 heavy (non-hydrogen) atoms. The number of hydrogen-bond acceptors (Lipinski definition) is 4. The van der Waals surface area contributed by atoms with Gasteiger partial charge >= 0.3 is 0 Å². The Morgan fingerprint density at radius 1 is 1.53 bits per heavy atom. The van der Waals surface area contributed by atoms with Gasteiger partial charge in [0.15, 0.2) is 4.77 Å². The van der Waals surface area contributed by atoms with Gasteiger partial charge in [-0.1, -0.05) is 6.42 Å². The van der Waals surface area contributed by atoms with Gasteiger partial charge in [-0.2, -0.15) is 11.8 Å². The Morgan fingerprint density at radius 3 is 3.16 bits per heavy atom. The molecule has 0 bridgehead atoms. The van der Waals surface area contributed by atoms with E-state index in [0.29, 0.717) is 10.0 Å². The topological polar surface area (TPSA) is 37.8 Å². The van der Waals surface area contributed by atoms with Gasteiger partial charge in [-0.3, -0.25) is 9.36 Å². The second-order valence-corrected chi connectivity index (χ2v) is 7.39. The Balaban J connectivity index is 2.09. The highest BCUT2D eigenvalue weighted by Gasteiger charge is 2.24. The number of thiophene rings is 1. The molecule has 0 radical (unpaired) electrons. The largest absolute Gasteiger partial charge is 0.331 e. The molecule has 2 atom stereocenters. The number of hydrogen-bond donors (Lipinski definition) is 1. The van der Waals surface area contributed by atoms with Crippen LogP contribution in [0.1, 0.15) is 31.7 Å². The molecule has 0 spiro atoms. The molecule has 1 aliphatic carbocycles. The SMILES string of the molecule is CSC1CCCC(n2c(=S)[nH]c3ccsc3c2=O)C1. The Bertz CT molecular complexity index is 700. The lowest BCUT2D eigenvalue weighted by atomic mass is 9.95. The van der Waals surface area contributed by atoms with Crippen molar-refractivity contribution in [3.8, 4) is 0 Å². The summed E-state index contributed by atoms with van der Waals surface area (Å²) in [6.07, 6.45) is 6.70. The normalized spacial score (nSPS) is 23.8. The van der Waals surface area contributed by atoms with Crippen LogP contribution in [0.5, 0.6) is 0 Å². The van der Waals surface area contributed by atoms with Crippen LogP contribution in [0.2, 0.25) is 0 Å². The first-order valence-electron chi connectivity index (χ1n) is 6.45. The van der Waals surface area contributed by atoms with Gasteiger partial charge in [0.25, 0.3) is 5.56 Å². The molecule has 2 aromatic rings. The molecule has 0 aliphatic heterocycles. The lowest BCUT2D eigenvalue weighted by Gasteiger charge is -2.29. The van der Waals surface area contributed by atoms with Crippen LogP contribution < -0.4 is 5.56 Å². The van der Waals surface area contributed by atoms with Crippen molar-refractivity contribution in [3.63, 3.8) is 0 Å². The molecule has 1 saturated carbocycles. The first-order chi connectivity index (χ1) is 9.20. The number of aromatic nitrogens is 2. The predicted octanol–water partition coefficient (Wildman–Crippen LogP) is 3.97. The highest BCUT2D eigenvalue weighted by Crippen LogP contribution is 2.33. The van der Waals surface area contributed by atoms with E-state index in [-0.39, 0.29) is 11.6 Å². The van der Waals surface area contributed by atoms with Crippen LogP contribution in [-0.2, 0) is 0 Å². The maximum Gasteiger partial charge on any atom is 0.272 e. The number of aromatic amines is 1. The van der Waals surface area contributed by atoms with Crippen LogP contribution in [0, 0.1) is 4.77 Å². The molecule has 3 nitrogen and oxygen atoms in total. The monoisotopic (exact) mass is 312 g/mol. The van der Waals surface area contributed by atoms with Crippen LogP contribution in [0.25, 0.3) is 10.2 Å². The Labute approximate surface area is 125 Å². The molecule has 2 unspecified atom stereocenters. The minimum atomic E-state index is 0.0838. The highest BCUT2D eigenvalue weighted by atomic mass is 32.2. The quantitative estimate of drug-likeness (QED) is 0.853. The molecule has 3 rings (SSSR count). The van der Waals surface area contributed by atoms with Crippen molar-refractivity contribution in [2.45, 2.75) is 37.0 Å². The Hall–Kier alpha value is -0.590. The average Bonchev–Trinajstić information content (AvgIpc) is 2.87. The molecule has 2 heterocycles. The van der Waals surface area contributed by atoms with Crippen LogP contribution >= 0.6 is 35.3 Å². The molecule has 102 valence electrons. The number of fused-ring (bicyclic) bond motifs is 1. The summed E-state index contributed by atoms with van der Waals surface area (Å²) in [5, 5.41) is 2.59. The summed E-state index contributed by atoms with van der Waals surface area (Å²) in [7, 11) is 0. The maximum absolute atomic E-state index is 12.6. The Morgan fingerprint density at radius 2 is 2.37 bits per heavy atom. The highest BCUT2D eigenvalue weighted by molar-refractivity contribution is 7.99. The van der Waals surface area contributed by atoms with E-state index in [2.05, 4.69) is 11.2 Å². The van der Waals surface area contributed by atoms with E-state index < -0.39 is 0 Å². The van der Waals surface area contributed by atoms with Crippen molar-refractivity contribution in [2.75, 3.05) is 6.26 Å². The number of thioether (sulfide) groups is 1. The van der Waals surface area contributed by atoms with Gasteiger partial charge in [0.2, 0.25) is 0 Å². The Kier molecular flexibility index (Phi) is 3.82. The van der Waals surface area contributed by atoms with Gasteiger partial charge in [0, 0.05) is 11.3 Å². The molecule has 0 amide bonds. The van der Waals surface area contributed by atoms with Crippen molar-refractivity contribution >= 4 is 45.5 Å². The molecule has 0 aromatic carbocycles. The van der Waals surface area contributed by atoms with E-state index in [9.17, 15) is 4.79 Å². The number of nitrogens with zero attached hydrogens (tertiary/aromatic N) is 1. The molecule has 0 saturated heterocycles. The smallest absolute Gasteiger partial charge is 0.272 e. The summed E-state index contributed by atoms with van der Waals surface area (Å²) < 4.78 is 3.18. The molecular weight excluding hydrogens is 296 g/mol. The van der Waals surface area contributed by atoms with Crippen molar-refractivity contribution in [2.24, 2.45) is 0 Å². The third kappa shape index (κ3) is 2.41. The van der Waals surface area contributed by atoms with Crippen LogP contribution in [0.3, 0.4) is 0 Å². The van der Waals surface area contributed by atoms with Crippen LogP contribution in [-0.4, -0.2) is 21.1 Å². The molecule has 1 aliphatic rings. The molecule has 6 heteroatoms. The standard InChI is InChI=1S/C13H16N2OS3/c1-18-9-4-2-3-8(7-9)15-12(16)11-10(5-6-19-11)14-13(15)17/h5-6,8-9H,2-4,7H2,1H3,(H,14,17). The molecule has 2 aromatic heterocycles. The van der Waals surface area contributed by atoms with Gasteiger partial charge in [0.1, 0.15) is 4.70 Å². The van der Waals surface area contributed by atoms with Gasteiger partial charge in [-0.05, 0) is 49.2 Å². The number of nitrogens with one attached hydrogen (secondary N) is 1. The molecule has 1 N–H and O–H groups in total. The summed E-state index contributed by atoms with van der Waals surface area (Å²) in [4.78, 5) is 15.8. The van der Waals surface area contributed by atoms with Crippen LogP contribution in [0.15, 0.2) is 16.2 Å². The molecular formula is C13H16N2OS3. The third-order valence-electron chi connectivity index (χ3n) is 3.84. The van der Waals surface area contributed by atoms with E-state index in [1.807, 2.05) is 27.8 Å². The lowest BCUT2D eigenvalue weighted by molar-refractivity contribution is 0.349. The van der Waals surface area contributed by atoms with E-state index in [1.54, 1.807) is 0 Å². The maximum atomic E-state index is 12.6. The minimum Gasteiger partial charge on any atom is -0.331 e. The van der Waals surface area contributed by atoms with Crippen molar-refractivity contribution in [3.05, 3.63) is 26.6 Å². The van der Waals surface area contributed by atoms with Crippen molar-refractivity contribution < 1.29 is 0 Å². The zero-order valence-corrected chi connectivity index (χ0v) is 13.2. The van der Waals surface area contributed by atoms with Gasteiger partial charge in [0.05, 0.1) is 5.52 Å². The van der Waals surface area contributed by atoms with Gasteiger partial charge in [-0.15, -0.1) is 11.3 Å². The summed E-state index contributed by atoms with van der Waals surface area (Å²) >= 11 is 8.79. The zero-order valence-electron chi connectivity index (χ0n) is 10.7. The van der Waals surface area contributed by atoms with Crippen LogP contribution in [0.4, 0.5) is 0 Å². The number of H-pyrrole nitrogens is 1. The fourth-order valence-electron chi connectivity index (χ4n) is 2.85. The lowest BCUT2D eigenvalue weighted by Crippen LogP contribution is -2.30. The average molecular weight is 312 g/mol. The summed E-state index contributed by atoms with van der Waals surface area (Å²) in [6, 6.07) is 2.18. The van der Waals surface area contributed by atoms with Crippen molar-refractivity contribution in [1.29, 1.82) is 0 Å². The minimum absolute atomic E-state index is 0.0838. The van der Waals surface area contributed by atoms with E-state index in [4.69, 9.17) is 12.2 Å². The summed E-state index contributed by atoms with van der Waals surface area (Å²) in [5.74, 6) is 0. The second kappa shape index (κ2) is 5.42. The summed E-state index contributed by atoms with van der Waals surface area (Å²) in [6.45, 7) is 0. The third-order valence-corrected chi connectivity index (χ3v) is 6.13. The van der Waals surface area contributed by atoms with Gasteiger partial charge < -0.3 is 4.98 Å². The summed E-state index contributed by atoms with van der Waals surface area (Å²) in [5.41, 5.74) is 0.953. The molecule has 1 fully saturated rings. The fraction of sp³-hybridized carbons (Fsp3) is 0.538. The first-order valence-corrected chi connectivity index (χ1v) is 9.03. The van der Waals surface area contributed by atoms with E-state index in [1.165, 1.54) is 24.2 Å². The first kappa shape index (κ1) is 13.4. The van der Waals surface area contributed by atoms with Crippen molar-refractivity contribution in [1.82, 2.24) is 9.55 Å². The van der Waals surface area contributed by atoms with E-state index in [0.717, 1.165) is 23.1 Å². The predicted molar refractivity (Wildman–Crippen MR) is 86.1 cm³/mol. The fourth-order valence-corrected chi connectivity index (χ4v) is 4.80. The van der Waals surface area contributed by atoms with Gasteiger partial charge in [-0.25, -0.2) is 0 Å². The van der Waals surface area contributed by atoms with E-state index >= 15 is 0 Å². The zero-order chi connectivity index (χ0) is 13.4. The number of rotatable bonds is 2. The second-order valence-electron chi connectivity index (χ2n) is 4.95.